The van der Waals surface area contributed by atoms with E-state index in [0.29, 0.717) is 5.92 Å². The van der Waals surface area contributed by atoms with Crippen molar-refractivity contribution in [2.24, 2.45) is 0 Å². The zero-order valence-electron chi connectivity index (χ0n) is 25.8. The van der Waals surface area contributed by atoms with Gasteiger partial charge in [-0.05, 0) is 94.5 Å². The second kappa shape index (κ2) is 10.6. The van der Waals surface area contributed by atoms with Crippen molar-refractivity contribution in [3.63, 3.8) is 0 Å². The van der Waals surface area contributed by atoms with E-state index in [4.69, 9.17) is 0 Å². The van der Waals surface area contributed by atoms with E-state index >= 15 is 0 Å². The van der Waals surface area contributed by atoms with Gasteiger partial charge in [-0.3, -0.25) is 0 Å². The Morgan fingerprint density at radius 2 is 0.936 bits per heavy atom. The van der Waals surface area contributed by atoms with E-state index in [1.54, 1.807) is 0 Å². The third kappa shape index (κ3) is 4.24. The van der Waals surface area contributed by atoms with E-state index in [1.807, 2.05) is 11.8 Å². The molecule has 8 aromatic rings. The van der Waals surface area contributed by atoms with Gasteiger partial charge in [-0.1, -0.05) is 170 Å². The molecule has 0 spiro atoms. The van der Waals surface area contributed by atoms with Crippen LogP contribution < -0.4 is 0 Å². The first kappa shape index (κ1) is 26.8. The zero-order chi connectivity index (χ0) is 30.9. The lowest BCUT2D eigenvalue weighted by atomic mass is 9.86. The summed E-state index contributed by atoms with van der Waals surface area (Å²) in [5.41, 5.74) is 9.10. The van der Waals surface area contributed by atoms with Crippen molar-refractivity contribution in [1.82, 2.24) is 0 Å². The van der Waals surface area contributed by atoms with Gasteiger partial charge in [-0.25, -0.2) is 0 Å². The minimum absolute atomic E-state index is 0.457. The van der Waals surface area contributed by atoms with Crippen LogP contribution in [-0.4, -0.2) is 0 Å². The van der Waals surface area contributed by atoms with Gasteiger partial charge in [0.1, 0.15) is 0 Å². The van der Waals surface area contributed by atoms with Gasteiger partial charge >= 0.3 is 0 Å². The fourth-order valence-electron chi connectivity index (χ4n) is 7.87. The molecule has 1 atom stereocenters. The van der Waals surface area contributed by atoms with Crippen molar-refractivity contribution in [1.29, 1.82) is 0 Å². The van der Waals surface area contributed by atoms with Gasteiger partial charge in [0, 0.05) is 15.7 Å². The molecule has 0 bridgehead atoms. The maximum atomic E-state index is 2.37. The summed E-state index contributed by atoms with van der Waals surface area (Å²) >= 11 is 1.98. The molecule has 220 valence electrons. The Morgan fingerprint density at radius 1 is 0.426 bits per heavy atom. The molecule has 47 heavy (non-hydrogen) atoms. The molecule has 8 aromatic carbocycles. The summed E-state index contributed by atoms with van der Waals surface area (Å²) in [6.07, 6.45) is 5.77. The molecule has 1 aliphatic carbocycles. The van der Waals surface area contributed by atoms with Gasteiger partial charge in [-0.15, -0.1) is 0 Å². The highest BCUT2D eigenvalue weighted by atomic mass is 32.2. The summed E-state index contributed by atoms with van der Waals surface area (Å²) in [5.74, 6) is 0.457. The smallest absolute Gasteiger partial charge is 0.0236 e. The van der Waals surface area contributed by atoms with Crippen LogP contribution in [0.5, 0.6) is 0 Å². The number of rotatable bonds is 3. The highest BCUT2D eigenvalue weighted by molar-refractivity contribution is 8.04. The number of hydrogen-bond acceptors (Lipinski definition) is 1. The predicted octanol–water partition coefficient (Wildman–Crippen LogP) is 13.2. The first-order valence-corrected chi connectivity index (χ1v) is 17.3. The largest absolute Gasteiger partial charge is 0.0923 e. The Hall–Kier alpha value is -5.37. The molecule has 2 aliphatic rings. The lowest BCUT2D eigenvalue weighted by Crippen LogP contribution is -2.00. The SMILES string of the molecule is C1=CC(c2ccc(-c3ccc(-c4ccc5c6ccccc6c6ccccc6c5c4)cc3)cc2)=C2Sc3c(ccc4ccccc34)C2C1. The van der Waals surface area contributed by atoms with Crippen LogP contribution in [-0.2, 0) is 0 Å². The summed E-state index contributed by atoms with van der Waals surface area (Å²) < 4.78 is 0. The van der Waals surface area contributed by atoms with Gasteiger partial charge in [0.05, 0.1) is 0 Å². The van der Waals surface area contributed by atoms with E-state index in [2.05, 4.69) is 164 Å². The van der Waals surface area contributed by atoms with Crippen molar-refractivity contribution < 1.29 is 0 Å². The lowest BCUT2D eigenvalue weighted by molar-refractivity contribution is 0.843. The fraction of sp³-hybridized carbons (Fsp3) is 0.0435. The van der Waals surface area contributed by atoms with Crippen LogP contribution in [0.2, 0.25) is 0 Å². The summed E-state index contributed by atoms with van der Waals surface area (Å²) in [4.78, 5) is 2.93. The van der Waals surface area contributed by atoms with Crippen LogP contribution in [0.15, 0.2) is 174 Å². The first-order chi connectivity index (χ1) is 23.3. The number of hydrogen-bond donors (Lipinski definition) is 0. The molecule has 0 fully saturated rings. The zero-order valence-corrected chi connectivity index (χ0v) is 26.6. The summed E-state index contributed by atoms with van der Waals surface area (Å²) in [5, 5.41) is 10.6. The number of thioether (sulfide) groups is 1. The lowest BCUT2D eigenvalue weighted by Gasteiger charge is -2.19. The monoisotopic (exact) mass is 614 g/mol. The first-order valence-electron chi connectivity index (χ1n) is 16.4. The van der Waals surface area contributed by atoms with Crippen LogP contribution in [0.1, 0.15) is 23.5 Å². The predicted molar refractivity (Wildman–Crippen MR) is 203 cm³/mol. The van der Waals surface area contributed by atoms with E-state index in [0.717, 1.165) is 6.42 Å². The van der Waals surface area contributed by atoms with Crippen molar-refractivity contribution >= 4 is 60.4 Å². The fourth-order valence-corrected chi connectivity index (χ4v) is 9.38. The quantitative estimate of drug-likeness (QED) is 0.178. The number of benzene rings is 8. The molecule has 1 unspecified atom stereocenters. The Balaban J connectivity index is 0.972. The standard InChI is InChI=1S/C46H30S/c1-2-9-35-32(8-1)24-27-43-42-15-7-14-36(45(42)47-46(35)43)33-22-20-30(21-23-33)29-16-18-31(19-17-29)34-25-26-41-39-12-4-3-10-37(39)38-11-5-6-13-40(38)44(41)28-34/h1-14,16-28,42H,15H2. The van der Waals surface area contributed by atoms with Gasteiger partial charge in [0.25, 0.3) is 0 Å². The highest BCUT2D eigenvalue weighted by Gasteiger charge is 2.32. The molecular weight excluding hydrogens is 585 g/mol. The molecule has 0 nitrogen and oxygen atoms in total. The summed E-state index contributed by atoms with van der Waals surface area (Å²) in [7, 11) is 0. The third-order valence-corrected chi connectivity index (χ3v) is 11.6. The van der Waals surface area contributed by atoms with Crippen LogP contribution in [0.3, 0.4) is 0 Å². The molecule has 10 rings (SSSR count). The molecule has 0 N–H and O–H groups in total. The van der Waals surface area contributed by atoms with Crippen LogP contribution >= 0.6 is 11.8 Å². The minimum Gasteiger partial charge on any atom is -0.0923 e. The van der Waals surface area contributed by atoms with Gasteiger partial charge < -0.3 is 0 Å². The number of fused-ring (bicyclic) bond motifs is 11. The van der Waals surface area contributed by atoms with Crippen LogP contribution in [0.25, 0.3) is 70.9 Å². The Morgan fingerprint density at radius 3 is 1.60 bits per heavy atom. The Bertz CT molecular complexity index is 2570. The van der Waals surface area contributed by atoms with Crippen LogP contribution in [0.4, 0.5) is 0 Å². The van der Waals surface area contributed by atoms with E-state index < -0.39 is 0 Å². The number of allylic oxidation sites excluding steroid dienone is 4. The molecule has 0 saturated heterocycles. The molecule has 0 amide bonds. The third-order valence-electron chi connectivity index (χ3n) is 10.2. The molecule has 0 radical (unpaired) electrons. The van der Waals surface area contributed by atoms with E-state index in [9.17, 15) is 0 Å². The van der Waals surface area contributed by atoms with E-state index in [-0.39, 0.29) is 0 Å². The van der Waals surface area contributed by atoms with Crippen molar-refractivity contribution in [2.45, 2.75) is 17.2 Å². The van der Waals surface area contributed by atoms with Crippen molar-refractivity contribution in [3.05, 3.63) is 180 Å². The Labute approximate surface area is 278 Å². The molecule has 1 heterocycles. The van der Waals surface area contributed by atoms with Crippen LogP contribution in [0, 0.1) is 0 Å². The second-order valence-corrected chi connectivity index (χ2v) is 13.8. The molecule has 1 heteroatoms. The molecule has 1 aliphatic heterocycles. The average Bonchev–Trinajstić information content (AvgIpc) is 3.55. The maximum absolute atomic E-state index is 2.37. The van der Waals surface area contributed by atoms with Gasteiger partial charge in [0.15, 0.2) is 0 Å². The normalized spacial score (nSPS) is 15.5. The van der Waals surface area contributed by atoms with Crippen molar-refractivity contribution in [3.8, 4) is 22.3 Å². The topological polar surface area (TPSA) is 0 Å². The maximum Gasteiger partial charge on any atom is 0.0236 e. The van der Waals surface area contributed by atoms with Gasteiger partial charge in [0.2, 0.25) is 0 Å². The average molecular weight is 615 g/mol. The van der Waals surface area contributed by atoms with E-state index in [1.165, 1.54) is 91.8 Å². The van der Waals surface area contributed by atoms with Gasteiger partial charge in [-0.2, -0.15) is 0 Å². The Kier molecular flexibility index (Phi) is 6.04. The molecular formula is C46H30S. The molecule has 0 aromatic heterocycles. The second-order valence-electron chi connectivity index (χ2n) is 12.8. The summed E-state index contributed by atoms with van der Waals surface area (Å²) in [6.45, 7) is 0. The summed E-state index contributed by atoms with van der Waals surface area (Å²) in [6, 6.07) is 56.2. The minimum atomic E-state index is 0.457. The highest BCUT2D eigenvalue weighted by Crippen LogP contribution is 2.56. The molecule has 0 saturated carbocycles. The van der Waals surface area contributed by atoms with Crippen molar-refractivity contribution in [2.75, 3.05) is 0 Å².